The minimum Gasteiger partial charge on any atom is -0.325 e. The van der Waals surface area contributed by atoms with Gasteiger partial charge in [-0.05, 0) is 60.7 Å². The number of anilines is 1. The van der Waals surface area contributed by atoms with Crippen LogP contribution in [0.5, 0.6) is 0 Å². The molecule has 158 valence electrons. The number of hydrogen-bond donors (Lipinski definition) is 1. The Morgan fingerprint density at radius 3 is 2.35 bits per heavy atom. The van der Waals surface area contributed by atoms with Crippen LogP contribution in [-0.2, 0) is 11.0 Å². The minimum absolute atomic E-state index is 0.0513. The van der Waals surface area contributed by atoms with Crippen LogP contribution < -0.4 is 5.32 Å². The highest BCUT2D eigenvalue weighted by Crippen LogP contribution is 2.30. The largest absolute Gasteiger partial charge is 0.416 e. The van der Waals surface area contributed by atoms with Gasteiger partial charge < -0.3 is 5.32 Å². The van der Waals surface area contributed by atoms with Crippen LogP contribution in [0.2, 0.25) is 0 Å². The van der Waals surface area contributed by atoms with Gasteiger partial charge >= 0.3 is 6.18 Å². The summed E-state index contributed by atoms with van der Waals surface area (Å²) >= 11 is 1.07. The van der Waals surface area contributed by atoms with Gasteiger partial charge in [-0.2, -0.15) is 22.8 Å². The number of carbonyl (C=O) groups is 1. The van der Waals surface area contributed by atoms with E-state index in [-0.39, 0.29) is 17.3 Å². The van der Waals surface area contributed by atoms with Crippen LogP contribution in [0.4, 0.5) is 23.2 Å². The summed E-state index contributed by atoms with van der Waals surface area (Å²) in [6.07, 6.45) is -4.44. The van der Waals surface area contributed by atoms with E-state index in [4.69, 9.17) is 0 Å². The van der Waals surface area contributed by atoms with Gasteiger partial charge in [-0.25, -0.2) is 4.39 Å². The minimum atomic E-state index is -4.44. The summed E-state index contributed by atoms with van der Waals surface area (Å²) in [6.45, 7) is 0. The molecule has 0 aliphatic rings. The van der Waals surface area contributed by atoms with E-state index in [1.165, 1.54) is 28.8 Å². The fraction of sp³-hybridized carbons (Fsp3) is 0.100. The molecule has 2 aromatic carbocycles. The van der Waals surface area contributed by atoms with Crippen molar-refractivity contribution in [1.82, 2.24) is 19.8 Å². The van der Waals surface area contributed by atoms with E-state index in [9.17, 15) is 22.4 Å². The molecular formula is C20H13F4N5OS. The zero-order chi connectivity index (χ0) is 22.0. The third kappa shape index (κ3) is 4.82. The van der Waals surface area contributed by atoms with Gasteiger partial charge in [0.15, 0.2) is 5.65 Å². The molecule has 4 aromatic rings. The molecule has 0 aliphatic heterocycles. The Hall–Kier alpha value is -3.47. The highest BCUT2D eigenvalue weighted by atomic mass is 32.2. The van der Waals surface area contributed by atoms with Crippen LogP contribution >= 0.6 is 11.8 Å². The molecule has 0 bridgehead atoms. The van der Waals surface area contributed by atoms with Crippen molar-refractivity contribution in [2.75, 3.05) is 11.1 Å². The fourth-order valence-electron chi connectivity index (χ4n) is 2.70. The van der Waals surface area contributed by atoms with Crippen molar-refractivity contribution < 1.29 is 22.4 Å². The molecule has 2 heterocycles. The fourth-order valence-corrected chi connectivity index (χ4v) is 3.39. The standard InChI is InChI=1S/C20H13F4N5OS/c21-14-5-1-12(2-6-14)16-9-10-17-26-27-19(29(17)28-16)31-11-18(30)25-15-7-3-13(4-8-15)20(22,23)24/h1-10H,11H2,(H,25,30). The average molecular weight is 447 g/mol. The van der Waals surface area contributed by atoms with Crippen molar-refractivity contribution in [1.29, 1.82) is 0 Å². The third-order valence-electron chi connectivity index (χ3n) is 4.20. The second kappa shape index (κ2) is 8.34. The van der Waals surface area contributed by atoms with Crippen LogP contribution in [0, 0.1) is 5.82 Å². The van der Waals surface area contributed by atoms with E-state index in [0.717, 1.165) is 23.9 Å². The summed E-state index contributed by atoms with van der Waals surface area (Å²) in [7, 11) is 0. The summed E-state index contributed by atoms with van der Waals surface area (Å²) in [5, 5.41) is 15.3. The average Bonchev–Trinajstić information content (AvgIpc) is 3.15. The lowest BCUT2D eigenvalue weighted by molar-refractivity contribution is -0.137. The maximum absolute atomic E-state index is 13.1. The summed E-state index contributed by atoms with van der Waals surface area (Å²) < 4.78 is 52.4. The molecular weight excluding hydrogens is 434 g/mol. The summed E-state index contributed by atoms with van der Waals surface area (Å²) in [5.74, 6) is -0.829. The monoisotopic (exact) mass is 447 g/mol. The predicted molar refractivity (Wildman–Crippen MR) is 107 cm³/mol. The number of nitrogens with one attached hydrogen (secondary N) is 1. The highest BCUT2D eigenvalue weighted by Gasteiger charge is 2.30. The zero-order valence-corrected chi connectivity index (χ0v) is 16.4. The number of aromatic nitrogens is 4. The zero-order valence-electron chi connectivity index (χ0n) is 15.6. The van der Waals surface area contributed by atoms with Crippen molar-refractivity contribution in [3.63, 3.8) is 0 Å². The molecule has 2 aromatic heterocycles. The van der Waals surface area contributed by atoms with Crippen LogP contribution in [0.1, 0.15) is 5.56 Å². The van der Waals surface area contributed by atoms with Crippen LogP contribution in [-0.4, -0.2) is 31.5 Å². The quantitative estimate of drug-likeness (QED) is 0.355. The second-order valence-electron chi connectivity index (χ2n) is 6.39. The lowest BCUT2D eigenvalue weighted by Gasteiger charge is -2.08. The number of fused-ring (bicyclic) bond motifs is 1. The number of amides is 1. The number of rotatable bonds is 5. The maximum atomic E-state index is 13.1. The normalized spacial score (nSPS) is 11.6. The van der Waals surface area contributed by atoms with Gasteiger partial charge in [0.1, 0.15) is 5.82 Å². The van der Waals surface area contributed by atoms with E-state index in [1.54, 1.807) is 24.3 Å². The van der Waals surface area contributed by atoms with Crippen LogP contribution in [0.25, 0.3) is 16.9 Å². The lowest BCUT2D eigenvalue weighted by Crippen LogP contribution is -2.14. The van der Waals surface area contributed by atoms with Gasteiger partial charge in [0, 0.05) is 11.3 Å². The highest BCUT2D eigenvalue weighted by molar-refractivity contribution is 7.99. The number of halogens is 4. The van der Waals surface area contributed by atoms with Crippen LogP contribution in [0.15, 0.2) is 65.8 Å². The van der Waals surface area contributed by atoms with Gasteiger partial charge in [0.2, 0.25) is 11.1 Å². The van der Waals surface area contributed by atoms with Crippen molar-refractivity contribution in [2.45, 2.75) is 11.3 Å². The smallest absolute Gasteiger partial charge is 0.325 e. The van der Waals surface area contributed by atoms with E-state index >= 15 is 0 Å². The predicted octanol–water partition coefficient (Wildman–Crippen LogP) is 4.68. The molecule has 0 spiro atoms. The van der Waals surface area contributed by atoms with Gasteiger partial charge in [-0.15, -0.1) is 10.2 Å². The molecule has 0 aliphatic carbocycles. The summed E-state index contributed by atoms with van der Waals surface area (Å²) in [4.78, 5) is 12.2. The Kier molecular flexibility index (Phi) is 5.59. The Bertz CT molecular complexity index is 1220. The topological polar surface area (TPSA) is 72.2 Å². The van der Waals surface area contributed by atoms with Crippen molar-refractivity contribution in [3.05, 3.63) is 72.0 Å². The molecule has 4 rings (SSSR count). The van der Waals surface area contributed by atoms with E-state index in [1.807, 2.05) is 0 Å². The Morgan fingerprint density at radius 1 is 0.968 bits per heavy atom. The number of carbonyl (C=O) groups excluding carboxylic acids is 1. The van der Waals surface area contributed by atoms with Crippen LogP contribution in [0.3, 0.4) is 0 Å². The Labute approximate surface area is 177 Å². The molecule has 0 radical (unpaired) electrons. The SMILES string of the molecule is O=C(CSc1nnc2ccc(-c3ccc(F)cc3)nn12)Nc1ccc(C(F)(F)F)cc1. The van der Waals surface area contributed by atoms with E-state index in [0.29, 0.717) is 22.1 Å². The summed E-state index contributed by atoms with van der Waals surface area (Å²) in [6, 6.07) is 13.4. The van der Waals surface area contributed by atoms with Crippen molar-refractivity contribution in [2.24, 2.45) is 0 Å². The Balaban J connectivity index is 1.44. The van der Waals surface area contributed by atoms with Gasteiger partial charge in [-0.3, -0.25) is 4.79 Å². The van der Waals surface area contributed by atoms with E-state index in [2.05, 4.69) is 20.6 Å². The first-order valence-corrected chi connectivity index (χ1v) is 9.86. The Morgan fingerprint density at radius 2 is 1.68 bits per heavy atom. The van der Waals surface area contributed by atoms with Crippen molar-refractivity contribution in [3.8, 4) is 11.3 Å². The third-order valence-corrected chi connectivity index (χ3v) is 5.12. The number of nitrogens with zero attached hydrogens (tertiary/aromatic N) is 4. The lowest BCUT2D eigenvalue weighted by atomic mass is 10.1. The first-order chi connectivity index (χ1) is 14.8. The maximum Gasteiger partial charge on any atom is 0.416 e. The molecule has 0 saturated carbocycles. The number of hydrogen-bond acceptors (Lipinski definition) is 5. The second-order valence-corrected chi connectivity index (χ2v) is 7.33. The molecule has 11 heteroatoms. The molecule has 1 N–H and O–H groups in total. The van der Waals surface area contributed by atoms with Crippen molar-refractivity contribution >= 4 is 29.0 Å². The number of thioether (sulfide) groups is 1. The van der Waals surface area contributed by atoms with Gasteiger partial charge in [0.25, 0.3) is 0 Å². The molecule has 0 atom stereocenters. The molecule has 0 unspecified atom stereocenters. The molecule has 31 heavy (non-hydrogen) atoms. The molecule has 0 saturated heterocycles. The first kappa shape index (κ1) is 20.8. The number of benzene rings is 2. The molecule has 6 nitrogen and oxygen atoms in total. The van der Waals surface area contributed by atoms with Gasteiger partial charge in [0.05, 0.1) is 17.0 Å². The number of alkyl halides is 3. The van der Waals surface area contributed by atoms with E-state index < -0.39 is 17.6 Å². The summed E-state index contributed by atoms with van der Waals surface area (Å²) in [5.41, 5.74) is 1.20. The molecule has 1 amide bonds. The first-order valence-electron chi connectivity index (χ1n) is 8.88. The van der Waals surface area contributed by atoms with Gasteiger partial charge in [-0.1, -0.05) is 11.8 Å². The molecule has 0 fully saturated rings.